The summed E-state index contributed by atoms with van der Waals surface area (Å²) in [6.45, 7) is 1.50. The van der Waals surface area contributed by atoms with Crippen molar-refractivity contribution >= 4 is 11.8 Å². The number of nitrogens with two attached hydrogens (primary N) is 1. The van der Waals surface area contributed by atoms with Crippen LogP contribution in [-0.2, 0) is 16.1 Å². The number of fused-ring (bicyclic) bond motifs is 1. The van der Waals surface area contributed by atoms with Crippen LogP contribution in [0.15, 0.2) is 18.2 Å². The summed E-state index contributed by atoms with van der Waals surface area (Å²) >= 11 is 0. The first-order valence-electron chi connectivity index (χ1n) is 8.94. The molecule has 3 heterocycles. The molecule has 0 radical (unpaired) electrons. The number of hydrogen-bond acceptors (Lipinski definition) is 6. The normalized spacial score (nSPS) is 31.5. The number of nitrogens with zero attached hydrogens (tertiary/aromatic N) is 1. The summed E-state index contributed by atoms with van der Waals surface area (Å²) in [7, 11) is 0. The lowest BCUT2D eigenvalue weighted by molar-refractivity contribution is -0.129. The van der Waals surface area contributed by atoms with Gasteiger partial charge in [0, 0.05) is 24.9 Å². The van der Waals surface area contributed by atoms with Crippen LogP contribution in [0.2, 0.25) is 0 Å². The zero-order chi connectivity index (χ0) is 18.3. The maximum Gasteiger partial charge on any atom is 0.254 e. The molecule has 0 spiro atoms. The molecule has 2 amide bonds. The van der Waals surface area contributed by atoms with Gasteiger partial charge in [-0.1, -0.05) is 0 Å². The van der Waals surface area contributed by atoms with E-state index in [9.17, 15) is 14.7 Å². The number of nitrogens with one attached hydrogen (secondary N) is 1. The molecule has 0 saturated carbocycles. The molecular weight excluding hydrogens is 338 g/mol. The molecule has 4 atom stereocenters. The Hall–Kier alpha value is -2.16. The minimum atomic E-state index is -1.04. The third-order valence-electron chi connectivity index (χ3n) is 5.27. The molecule has 2 fully saturated rings. The maximum atomic E-state index is 12.7. The Morgan fingerprint density at radius 1 is 1.31 bits per heavy atom. The Bertz CT molecular complexity index is 725. The summed E-state index contributed by atoms with van der Waals surface area (Å²) in [6.07, 6.45) is 0.346. The Morgan fingerprint density at radius 2 is 2.15 bits per heavy atom. The number of carbonyl (C=O) groups excluding carboxylic acids is 2. The van der Waals surface area contributed by atoms with Crippen LogP contribution in [0, 0.1) is 0 Å². The Balaban J connectivity index is 1.48. The lowest BCUT2D eigenvalue weighted by Gasteiger charge is -2.35. The highest BCUT2D eigenvalue weighted by atomic mass is 16.5. The average molecular weight is 361 g/mol. The molecule has 140 valence electrons. The van der Waals surface area contributed by atoms with Gasteiger partial charge in [-0.2, -0.15) is 0 Å². The van der Waals surface area contributed by atoms with Gasteiger partial charge in [0.05, 0.1) is 25.3 Å². The van der Waals surface area contributed by atoms with Crippen molar-refractivity contribution in [3.05, 3.63) is 29.3 Å². The molecule has 26 heavy (non-hydrogen) atoms. The van der Waals surface area contributed by atoms with Gasteiger partial charge in [-0.15, -0.1) is 0 Å². The van der Waals surface area contributed by atoms with Crippen molar-refractivity contribution in [1.82, 2.24) is 10.2 Å². The van der Waals surface area contributed by atoms with E-state index in [4.69, 9.17) is 15.2 Å². The first-order chi connectivity index (χ1) is 12.5. The molecule has 2 unspecified atom stereocenters. The lowest BCUT2D eigenvalue weighted by Crippen LogP contribution is -2.55. The van der Waals surface area contributed by atoms with Crippen LogP contribution in [0.3, 0.4) is 0 Å². The molecule has 4 N–H and O–H groups in total. The number of rotatable bonds is 3. The van der Waals surface area contributed by atoms with Gasteiger partial charge >= 0.3 is 0 Å². The predicted molar refractivity (Wildman–Crippen MR) is 91.3 cm³/mol. The monoisotopic (exact) mass is 361 g/mol. The average Bonchev–Trinajstić information content (AvgIpc) is 2.93. The van der Waals surface area contributed by atoms with Crippen LogP contribution in [0.25, 0.3) is 0 Å². The van der Waals surface area contributed by atoms with Gasteiger partial charge in [-0.05, 0) is 30.2 Å². The number of ether oxygens (including phenoxy) is 2. The van der Waals surface area contributed by atoms with Gasteiger partial charge in [0.15, 0.2) is 0 Å². The van der Waals surface area contributed by atoms with Gasteiger partial charge in [0.1, 0.15) is 18.1 Å². The van der Waals surface area contributed by atoms with E-state index in [1.54, 1.807) is 17.0 Å². The van der Waals surface area contributed by atoms with E-state index in [1.165, 1.54) is 0 Å². The second kappa shape index (κ2) is 6.86. The topological polar surface area (TPSA) is 114 Å². The van der Waals surface area contributed by atoms with Gasteiger partial charge in [0.25, 0.3) is 5.91 Å². The fourth-order valence-corrected chi connectivity index (χ4v) is 3.82. The van der Waals surface area contributed by atoms with Crippen molar-refractivity contribution in [3.63, 3.8) is 0 Å². The summed E-state index contributed by atoms with van der Waals surface area (Å²) in [5.41, 5.74) is 7.50. The summed E-state index contributed by atoms with van der Waals surface area (Å²) in [5.74, 6) is 0.356. The summed E-state index contributed by atoms with van der Waals surface area (Å²) in [5, 5.41) is 12.6. The smallest absolute Gasteiger partial charge is 0.254 e. The van der Waals surface area contributed by atoms with E-state index < -0.39 is 12.3 Å². The molecule has 8 nitrogen and oxygen atoms in total. The van der Waals surface area contributed by atoms with E-state index in [0.717, 1.165) is 12.0 Å². The fourth-order valence-electron chi connectivity index (χ4n) is 3.82. The highest BCUT2D eigenvalue weighted by molar-refractivity contribution is 5.99. The maximum absolute atomic E-state index is 12.7. The molecule has 8 heteroatoms. The van der Waals surface area contributed by atoms with E-state index in [2.05, 4.69) is 5.32 Å². The number of amides is 2. The molecule has 0 aliphatic carbocycles. The molecular formula is C18H23N3O5. The number of benzene rings is 1. The van der Waals surface area contributed by atoms with Crippen LogP contribution < -0.4 is 15.8 Å². The quantitative estimate of drug-likeness (QED) is 0.683. The molecule has 1 aromatic rings. The standard InChI is InChI=1S/C18H23N3O5/c19-13-9-25-6-5-15(13)26-11-1-2-12-10(7-11)8-21(18(12)24)14-3-4-16(22)20-17(14)23/h1-2,7,13-15,17,23H,3-6,8-9,19H2,(H,20,22)/t13-,14?,15-,17?/m0/s1. The lowest BCUT2D eigenvalue weighted by atomic mass is 10.0. The third-order valence-corrected chi connectivity index (χ3v) is 5.27. The second-order valence-corrected chi connectivity index (χ2v) is 7.05. The van der Waals surface area contributed by atoms with Gasteiger partial charge in [0.2, 0.25) is 5.91 Å². The van der Waals surface area contributed by atoms with Crippen molar-refractivity contribution in [3.8, 4) is 5.75 Å². The van der Waals surface area contributed by atoms with Crippen LogP contribution in [-0.4, -0.2) is 59.5 Å². The molecule has 1 aromatic carbocycles. The van der Waals surface area contributed by atoms with Crippen LogP contribution >= 0.6 is 0 Å². The van der Waals surface area contributed by atoms with E-state index >= 15 is 0 Å². The highest BCUT2D eigenvalue weighted by Crippen LogP contribution is 2.31. The van der Waals surface area contributed by atoms with Gasteiger partial charge in [-0.25, -0.2) is 0 Å². The molecule has 3 aliphatic heterocycles. The molecule has 3 aliphatic rings. The predicted octanol–water partition coefficient (Wildman–Crippen LogP) is -0.266. The summed E-state index contributed by atoms with van der Waals surface area (Å²) in [4.78, 5) is 25.7. The van der Waals surface area contributed by atoms with Gasteiger partial charge in [-0.3, -0.25) is 9.59 Å². The molecule has 4 rings (SSSR count). The van der Waals surface area contributed by atoms with Gasteiger partial charge < -0.3 is 30.5 Å². The van der Waals surface area contributed by atoms with Crippen molar-refractivity contribution < 1.29 is 24.2 Å². The van der Waals surface area contributed by atoms with Crippen LogP contribution in [0.4, 0.5) is 0 Å². The number of piperidine rings is 1. The van der Waals surface area contributed by atoms with Crippen molar-refractivity contribution in [2.45, 2.75) is 50.2 Å². The van der Waals surface area contributed by atoms with Crippen molar-refractivity contribution in [2.75, 3.05) is 13.2 Å². The van der Waals surface area contributed by atoms with Crippen LogP contribution in [0.5, 0.6) is 5.75 Å². The first-order valence-corrected chi connectivity index (χ1v) is 8.94. The van der Waals surface area contributed by atoms with E-state index in [1.807, 2.05) is 6.07 Å². The molecule has 0 bridgehead atoms. The number of hydrogen-bond donors (Lipinski definition) is 3. The SMILES string of the molecule is N[C@H]1COCC[C@@H]1Oc1ccc2c(c1)CN(C1CCC(=O)NC1O)C2=O. The zero-order valence-corrected chi connectivity index (χ0v) is 14.4. The minimum Gasteiger partial charge on any atom is -0.489 e. The fraction of sp³-hybridized carbons (Fsp3) is 0.556. The number of aliphatic hydroxyl groups is 1. The number of carbonyl (C=O) groups is 2. The summed E-state index contributed by atoms with van der Waals surface area (Å²) in [6, 6.07) is 4.81. The minimum absolute atomic E-state index is 0.106. The number of aliphatic hydroxyl groups excluding tert-OH is 1. The largest absolute Gasteiger partial charge is 0.489 e. The Kier molecular flexibility index (Phi) is 4.56. The zero-order valence-electron chi connectivity index (χ0n) is 14.4. The summed E-state index contributed by atoms with van der Waals surface area (Å²) < 4.78 is 11.3. The second-order valence-electron chi connectivity index (χ2n) is 7.05. The third kappa shape index (κ3) is 3.15. The van der Waals surface area contributed by atoms with E-state index in [-0.39, 0.29) is 24.0 Å². The van der Waals surface area contributed by atoms with E-state index in [0.29, 0.717) is 43.9 Å². The van der Waals surface area contributed by atoms with Crippen molar-refractivity contribution in [1.29, 1.82) is 0 Å². The Morgan fingerprint density at radius 3 is 2.92 bits per heavy atom. The van der Waals surface area contributed by atoms with Crippen LogP contribution in [0.1, 0.15) is 35.2 Å². The highest BCUT2D eigenvalue weighted by Gasteiger charge is 2.39. The van der Waals surface area contributed by atoms with Crippen molar-refractivity contribution in [2.24, 2.45) is 5.73 Å². The molecule has 0 aromatic heterocycles. The molecule has 2 saturated heterocycles. The Labute approximate surface area is 151 Å². The first kappa shape index (κ1) is 17.3.